The number of amides is 2. The molecule has 1 aliphatic rings. The molecule has 2 rings (SSSR count). The quantitative estimate of drug-likeness (QED) is 0.876. The molecule has 2 heterocycles. The molecule has 1 aromatic rings. The van der Waals surface area contributed by atoms with Gasteiger partial charge in [0.05, 0.1) is 0 Å². The first kappa shape index (κ1) is 14.6. The summed E-state index contributed by atoms with van der Waals surface area (Å²) in [6, 6.07) is 1.95. The number of H-pyrrole nitrogens is 1. The first-order valence-corrected chi connectivity index (χ1v) is 7.26. The van der Waals surface area contributed by atoms with E-state index in [9.17, 15) is 9.59 Å². The Morgan fingerprint density at radius 1 is 1.40 bits per heavy atom. The largest absolute Gasteiger partial charge is 0.367 e. The van der Waals surface area contributed by atoms with Crippen LogP contribution in [0, 0.1) is 11.8 Å². The van der Waals surface area contributed by atoms with Crippen LogP contribution in [0.3, 0.4) is 0 Å². The van der Waals surface area contributed by atoms with Gasteiger partial charge in [-0.05, 0) is 24.5 Å². The molecular formula is C15H23N3O2. The van der Waals surface area contributed by atoms with E-state index in [1.165, 1.54) is 0 Å². The third kappa shape index (κ3) is 3.62. The summed E-state index contributed by atoms with van der Waals surface area (Å²) in [6.07, 6.45) is 5.25. The predicted octanol–water partition coefficient (Wildman–Crippen LogP) is 1.53. The fraction of sp³-hybridized carbons (Fsp3) is 0.600. The lowest BCUT2D eigenvalue weighted by Gasteiger charge is -2.32. The number of carbonyl (C=O) groups is 2. The second-order valence-electron chi connectivity index (χ2n) is 5.69. The molecule has 0 aromatic carbocycles. The van der Waals surface area contributed by atoms with Crippen molar-refractivity contribution in [3.05, 3.63) is 24.0 Å². The molecule has 1 aromatic heterocycles. The van der Waals surface area contributed by atoms with E-state index in [1.807, 2.05) is 37.2 Å². The number of rotatable bonds is 4. The molecule has 0 spiro atoms. The molecule has 0 bridgehead atoms. The highest BCUT2D eigenvalue weighted by atomic mass is 16.2. The first-order valence-electron chi connectivity index (χ1n) is 7.26. The van der Waals surface area contributed by atoms with Crippen LogP contribution >= 0.6 is 0 Å². The maximum absolute atomic E-state index is 12.1. The zero-order chi connectivity index (χ0) is 14.5. The molecule has 20 heavy (non-hydrogen) atoms. The van der Waals surface area contributed by atoms with Gasteiger partial charge in [-0.1, -0.05) is 13.8 Å². The number of hydrogen-bond donors (Lipinski definition) is 2. The van der Waals surface area contributed by atoms with Crippen LogP contribution in [0.15, 0.2) is 18.5 Å². The molecule has 5 heteroatoms. The average molecular weight is 277 g/mol. The summed E-state index contributed by atoms with van der Waals surface area (Å²) < 4.78 is 0. The lowest BCUT2D eigenvalue weighted by atomic mass is 9.95. The molecular weight excluding hydrogens is 254 g/mol. The van der Waals surface area contributed by atoms with Gasteiger partial charge in [0.25, 0.3) is 0 Å². The number of carbonyl (C=O) groups excluding carboxylic acids is 2. The zero-order valence-corrected chi connectivity index (χ0v) is 12.2. The van der Waals surface area contributed by atoms with Gasteiger partial charge >= 0.3 is 0 Å². The van der Waals surface area contributed by atoms with Crippen molar-refractivity contribution in [2.24, 2.45) is 11.8 Å². The summed E-state index contributed by atoms with van der Waals surface area (Å²) in [7, 11) is 0. The lowest BCUT2D eigenvalue weighted by Crippen LogP contribution is -2.44. The summed E-state index contributed by atoms with van der Waals surface area (Å²) in [6.45, 7) is 5.78. The maximum atomic E-state index is 12.1. The van der Waals surface area contributed by atoms with Gasteiger partial charge in [-0.15, -0.1) is 0 Å². The van der Waals surface area contributed by atoms with Crippen molar-refractivity contribution in [3.63, 3.8) is 0 Å². The Bertz CT molecular complexity index is 446. The Hall–Kier alpha value is -1.78. The summed E-state index contributed by atoms with van der Waals surface area (Å²) in [5.74, 6) is 0.359. The van der Waals surface area contributed by atoms with Crippen molar-refractivity contribution in [1.82, 2.24) is 15.2 Å². The lowest BCUT2D eigenvalue weighted by molar-refractivity contribution is -0.138. The normalized spacial score (nSPS) is 16.4. The molecule has 0 atom stereocenters. The van der Waals surface area contributed by atoms with Crippen LogP contribution in [0.4, 0.5) is 0 Å². The highest BCUT2D eigenvalue weighted by molar-refractivity contribution is 5.80. The van der Waals surface area contributed by atoms with Gasteiger partial charge in [-0.25, -0.2) is 0 Å². The highest BCUT2D eigenvalue weighted by Gasteiger charge is 2.27. The minimum Gasteiger partial charge on any atom is -0.367 e. The van der Waals surface area contributed by atoms with Gasteiger partial charge in [0.1, 0.15) is 0 Å². The standard InChI is InChI=1S/C15H23N3O2/c1-11(2)15(20)18-7-4-13(5-8-18)14(19)17-10-12-3-6-16-9-12/h3,6,9,11,13,16H,4-5,7-8,10H2,1-2H3,(H,17,19). The Morgan fingerprint density at radius 3 is 2.65 bits per heavy atom. The van der Waals surface area contributed by atoms with Crippen LogP contribution < -0.4 is 5.32 Å². The van der Waals surface area contributed by atoms with E-state index in [0.29, 0.717) is 19.6 Å². The van der Waals surface area contributed by atoms with Crippen molar-refractivity contribution >= 4 is 11.8 Å². The van der Waals surface area contributed by atoms with E-state index in [1.54, 1.807) is 0 Å². The van der Waals surface area contributed by atoms with Crippen molar-refractivity contribution < 1.29 is 9.59 Å². The van der Waals surface area contributed by atoms with Crippen LogP contribution in [-0.2, 0) is 16.1 Å². The highest BCUT2D eigenvalue weighted by Crippen LogP contribution is 2.19. The van der Waals surface area contributed by atoms with Crippen molar-refractivity contribution in [2.75, 3.05) is 13.1 Å². The summed E-state index contributed by atoms with van der Waals surface area (Å²) in [5.41, 5.74) is 1.07. The zero-order valence-electron chi connectivity index (χ0n) is 12.2. The molecule has 2 amide bonds. The molecule has 0 radical (unpaired) electrons. The SMILES string of the molecule is CC(C)C(=O)N1CCC(C(=O)NCc2cc[nH]c2)CC1. The molecule has 2 N–H and O–H groups in total. The summed E-state index contributed by atoms with van der Waals surface area (Å²) >= 11 is 0. The van der Waals surface area contributed by atoms with Crippen LogP contribution in [0.1, 0.15) is 32.3 Å². The van der Waals surface area contributed by atoms with Gasteiger partial charge in [0.2, 0.25) is 11.8 Å². The fourth-order valence-corrected chi connectivity index (χ4v) is 2.53. The number of piperidine rings is 1. The Balaban J connectivity index is 1.75. The van der Waals surface area contributed by atoms with E-state index in [-0.39, 0.29) is 23.7 Å². The monoisotopic (exact) mass is 277 g/mol. The van der Waals surface area contributed by atoms with Crippen molar-refractivity contribution in [3.8, 4) is 0 Å². The second kappa shape index (κ2) is 6.59. The number of likely N-dealkylation sites (tertiary alicyclic amines) is 1. The minimum atomic E-state index is 0.0326. The molecule has 1 saturated heterocycles. The molecule has 0 saturated carbocycles. The topological polar surface area (TPSA) is 65.2 Å². The van der Waals surface area contributed by atoms with Crippen LogP contribution in [0.25, 0.3) is 0 Å². The number of aromatic nitrogens is 1. The van der Waals surface area contributed by atoms with Crippen LogP contribution in [-0.4, -0.2) is 34.8 Å². The van der Waals surface area contributed by atoms with E-state index in [4.69, 9.17) is 0 Å². The van der Waals surface area contributed by atoms with Crippen LogP contribution in [0.2, 0.25) is 0 Å². The molecule has 1 aliphatic heterocycles. The van der Waals surface area contributed by atoms with Gasteiger partial charge in [0.15, 0.2) is 0 Å². The van der Waals surface area contributed by atoms with E-state index >= 15 is 0 Å². The number of hydrogen-bond acceptors (Lipinski definition) is 2. The van der Waals surface area contributed by atoms with Gasteiger partial charge in [-0.2, -0.15) is 0 Å². The van der Waals surface area contributed by atoms with Crippen molar-refractivity contribution in [1.29, 1.82) is 0 Å². The van der Waals surface area contributed by atoms with Crippen molar-refractivity contribution in [2.45, 2.75) is 33.2 Å². The molecule has 0 unspecified atom stereocenters. The maximum Gasteiger partial charge on any atom is 0.225 e. The van der Waals surface area contributed by atoms with Gasteiger partial charge < -0.3 is 15.2 Å². The minimum absolute atomic E-state index is 0.0326. The fourth-order valence-electron chi connectivity index (χ4n) is 2.53. The van der Waals surface area contributed by atoms with E-state index in [0.717, 1.165) is 18.4 Å². The van der Waals surface area contributed by atoms with Gasteiger partial charge in [0, 0.05) is 43.9 Å². The molecule has 110 valence electrons. The predicted molar refractivity (Wildman–Crippen MR) is 76.8 cm³/mol. The number of aromatic amines is 1. The van der Waals surface area contributed by atoms with E-state index < -0.39 is 0 Å². The van der Waals surface area contributed by atoms with Crippen LogP contribution in [0.5, 0.6) is 0 Å². The molecule has 0 aliphatic carbocycles. The van der Waals surface area contributed by atoms with Gasteiger partial charge in [-0.3, -0.25) is 9.59 Å². The number of nitrogens with one attached hydrogen (secondary N) is 2. The van der Waals surface area contributed by atoms with E-state index in [2.05, 4.69) is 10.3 Å². The Kier molecular flexibility index (Phi) is 4.82. The molecule has 5 nitrogen and oxygen atoms in total. The third-order valence-electron chi connectivity index (χ3n) is 3.80. The third-order valence-corrected chi connectivity index (χ3v) is 3.80. The smallest absolute Gasteiger partial charge is 0.225 e. The average Bonchev–Trinajstić information content (AvgIpc) is 2.97. The summed E-state index contributed by atoms with van der Waals surface area (Å²) in [4.78, 5) is 28.8. The number of nitrogens with zero attached hydrogens (tertiary/aromatic N) is 1. The Morgan fingerprint density at radius 2 is 2.10 bits per heavy atom. The first-order chi connectivity index (χ1) is 9.58. The second-order valence-corrected chi connectivity index (χ2v) is 5.69. The molecule has 1 fully saturated rings. The Labute approximate surface area is 119 Å². The summed E-state index contributed by atoms with van der Waals surface area (Å²) in [5, 5.41) is 2.96.